The number of phenolic OH excluding ortho intramolecular Hbond substituents is 1. The van der Waals surface area contributed by atoms with Gasteiger partial charge in [-0.2, -0.15) is 0 Å². The molecule has 3 heteroatoms. The molecule has 1 saturated heterocycles. The Morgan fingerprint density at radius 3 is 2.58 bits per heavy atom. The molecule has 0 saturated carbocycles. The summed E-state index contributed by atoms with van der Waals surface area (Å²) in [7, 11) is 0. The summed E-state index contributed by atoms with van der Waals surface area (Å²) in [6, 6.07) is 5.70. The first kappa shape index (κ1) is 13.9. The van der Waals surface area contributed by atoms with Gasteiger partial charge in [0.25, 0.3) is 0 Å². The topological polar surface area (TPSA) is 40.5 Å². The van der Waals surface area contributed by atoms with Crippen LogP contribution in [0.1, 0.15) is 50.2 Å². The minimum absolute atomic E-state index is 0.264. The summed E-state index contributed by atoms with van der Waals surface area (Å²) in [5.74, 6) is 1.13. The SMILES string of the molecule is CCC(=O)N1CCC(c2ccc(O)cc2CC)CC1. The average Bonchev–Trinajstić information content (AvgIpc) is 2.46. The molecule has 0 bridgehead atoms. The fraction of sp³-hybridized carbons (Fsp3) is 0.562. The zero-order valence-corrected chi connectivity index (χ0v) is 11.9. The summed E-state index contributed by atoms with van der Waals surface area (Å²) < 4.78 is 0. The van der Waals surface area contributed by atoms with Crippen LogP contribution in [0.3, 0.4) is 0 Å². The molecule has 1 aliphatic heterocycles. The minimum atomic E-state index is 0.264. The van der Waals surface area contributed by atoms with E-state index in [0.717, 1.165) is 32.4 Å². The number of amides is 1. The van der Waals surface area contributed by atoms with Crippen LogP contribution in [0.4, 0.5) is 0 Å². The maximum Gasteiger partial charge on any atom is 0.222 e. The fourth-order valence-electron chi connectivity index (χ4n) is 2.96. The number of carbonyl (C=O) groups excluding carboxylic acids is 1. The molecule has 0 aromatic heterocycles. The van der Waals surface area contributed by atoms with Gasteiger partial charge in [-0.15, -0.1) is 0 Å². The van der Waals surface area contributed by atoms with Crippen LogP contribution >= 0.6 is 0 Å². The fourth-order valence-corrected chi connectivity index (χ4v) is 2.96. The highest BCUT2D eigenvalue weighted by atomic mass is 16.3. The van der Waals surface area contributed by atoms with E-state index in [9.17, 15) is 9.90 Å². The molecule has 1 aliphatic rings. The van der Waals surface area contributed by atoms with Crippen LogP contribution in [0.5, 0.6) is 5.75 Å². The van der Waals surface area contributed by atoms with Gasteiger partial charge < -0.3 is 10.0 Å². The van der Waals surface area contributed by atoms with Crippen molar-refractivity contribution in [1.82, 2.24) is 4.90 Å². The molecule has 0 spiro atoms. The lowest BCUT2D eigenvalue weighted by atomic mass is 9.85. The van der Waals surface area contributed by atoms with Gasteiger partial charge in [0.05, 0.1) is 0 Å². The van der Waals surface area contributed by atoms with Crippen LogP contribution in [-0.2, 0) is 11.2 Å². The number of likely N-dealkylation sites (tertiary alicyclic amines) is 1. The third-order valence-electron chi connectivity index (χ3n) is 4.10. The van der Waals surface area contributed by atoms with Gasteiger partial charge in [-0.3, -0.25) is 4.79 Å². The quantitative estimate of drug-likeness (QED) is 0.908. The molecular formula is C16H23NO2. The van der Waals surface area contributed by atoms with Crippen molar-refractivity contribution in [3.63, 3.8) is 0 Å². The van der Waals surface area contributed by atoms with Gasteiger partial charge in [-0.25, -0.2) is 0 Å². The van der Waals surface area contributed by atoms with Gasteiger partial charge in [0.1, 0.15) is 5.75 Å². The highest BCUT2D eigenvalue weighted by molar-refractivity contribution is 5.75. The third-order valence-corrected chi connectivity index (χ3v) is 4.10. The summed E-state index contributed by atoms with van der Waals surface area (Å²) in [6.45, 7) is 5.76. The predicted octanol–water partition coefficient (Wildman–Crippen LogP) is 3.07. The monoisotopic (exact) mass is 261 g/mol. The first-order valence-corrected chi connectivity index (χ1v) is 7.25. The molecule has 1 heterocycles. The van der Waals surface area contributed by atoms with Gasteiger partial charge in [0.2, 0.25) is 5.91 Å². The van der Waals surface area contributed by atoms with Crippen molar-refractivity contribution in [2.24, 2.45) is 0 Å². The van der Waals surface area contributed by atoms with Crippen LogP contribution in [0.15, 0.2) is 18.2 Å². The second-order valence-corrected chi connectivity index (χ2v) is 5.25. The van der Waals surface area contributed by atoms with E-state index in [1.807, 2.05) is 17.9 Å². The van der Waals surface area contributed by atoms with Crippen molar-refractivity contribution in [2.45, 2.75) is 45.4 Å². The van der Waals surface area contributed by atoms with E-state index in [1.54, 1.807) is 6.07 Å². The molecule has 0 atom stereocenters. The van der Waals surface area contributed by atoms with Crippen LogP contribution in [0, 0.1) is 0 Å². The van der Waals surface area contributed by atoms with Crippen molar-refractivity contribution in [2.75, 3.05) is 13.1 Å². The molecule has 1 amide bonds. The first-order valence-electron chi connectivity index (χ1n) is 7.25. The number of aromatic hydroxyl groups is 1. The second-order valence-electron chi connectivity index (χ2n) is 5.25. The summed E-state index contributed by atoms with van der Waals surface area (Å²) in [5, 5.41) is 9.56. The van der Waals surface area contributed by atoms with Crippen molar-refractivity contribution in [3.8, 4) is 5.75 Å². The number of phenols is 1. The Balaban J connectivity index is 2.07. The van der Waals surface area contributed by atoms with Gasteiger partial charge in [-0.05, 0) is 48.4 Å². The summed E-state index contributed by atoms with van der Waals surface area (Å²) >= 11 is 0. The smallest absolute Gasteiger partial charge is 0.222 e. The molecular weight excluding hydrogens is 238 g/mol. The number of benzene rings is 1. The largest absolute Gasteiger partial charge is 0.508 e. The van der Waals surface area contributed by atoms with Crippen LogP contribution in [0.25, 0.3) is 0 Å². The number of nitrogens with zero attached hydrogens (tertiary/aromatic N) is 1. The number of hydrogen-bond donors (Lipinski definition) is 1. The van der Waals surface area contributed by atoms with E-state index in [-0.39, 0.29) is 5.91 Å². The number of piperidine rings is 1. The second kappa shape index (κ2) is 6.09. The zero-order chi connectivity index (χ0) is 13.8. The van der Waals surface area contributed by atoms with Gasteiger partial charge in [0, 0.05) is 19.5 Å². The van der Waals surface area contributed by atoms with Crippen LogP contribution in [0.2, 0.25) is 0 Å². The minimum Gasteiger partial charge on any atom is -0.508 e. The van der Waals surface area contributed by atoms with Crippen LogP contribution < -0.4 is 0 Å². The summed E-state index contributed by atoms with van der Waals surface area (Å²) in [6.07, 6.45) is 3.61. The molecule has 0 aliphatic carbocycles. The zero-order valence-electron chi connectivity index (χ0n) is 11.9. The number of aryl methyl sites for hydroxylation is 1. The number of rotatable bonds is 3. The Hall–Kier alpha value is -1.51. The van der Waals surface area contributed by atoms with Crippen molar-refractivity contribution in [3.05, 3.63) is 29.3 Å². The van der Waals surface area contributed by atoms with E-state index in [1.165, 1.54) is 11.1 Å². The number of carbonyl (C=O) groups is 1. The lowest BCUT2D eigenvalue weighted by Gasteiger charge is -2.33. The maximum absolute atomic E-state index is 11.7. The molecule has 1 fully saturated rings. The van der Waals surface area contributed by atoms with Crippen LogP contribution in [-0.4, -0.2) is 29.0 Å². The maximum atomic E-state index is 11.7. The Morgan fingerprint density at radius 2 is 2.00 bits per heavy atom. The highest BCUT2D eigenvalue weighted by Gasteiger charge is 2.24. The van der Waals surface area contributed by atoms with Gasteiger partial charge in [-0.1, -0.05) is 19.9 Å². The summed E-state index contributed by atoms with van der Waals surface area (Å²) in [4.78, 5) is 13.6. The number of hydrogen-bond acceptors (Lipinski definition) is 2. The lowest BCUT2D eigenvalue weighted by molar-refractivity contribution is -0.131. The van der Waals surface area contributed by atoms with Crippen molar-refractivity contribution in [1.29, 1.82) is 0 Å². The Bertz CT molecular complexity index is 448. The van der Waals surface area contributed by atoms with E-state index < -0.39 is 0 Å². The molecule has 1 aromatic rings. The molecule has 1 N–H and O–H groups in total. The highest BCUT2D eigenvalue weighted by Crippen LogP contribution is 2.32. The Labute approximate surface area is 115 Å². The molecule has 104 valence electrons. The molecule has 0 radical (unpaired) electrons. The normalized spacial score (nSPS) is 16.6. The van der Waals surface area contributed by atoms with E-state index >= 15 is 0 Å². The molecule has 2 rings (SSSR count). The Morgan fingerprint density at radius 1 is 1.32 bits per heavy atom. The van der Waals surface area contributed by atoms with E-state index in [4.69, 9.17) is 0 Å². The molecule has 1 aromatic carbocycles. The van der Waals surface area contributed by atoms with Gasteiger partial charge in [0.15, 0.2) is 0 Å². The third kappa shape index (κ3) is 3.09. The van der Waals surface area contributed by atoms with E-state index in [2.05, 4.69) is 13.0 Å². The average molecular weight is 261 g/mol. The van der Waals surface area contributed by atoms with E-state index in [0.29, 0.717) is 18.1 Å². The standard InChI is InChI=1S/C16H23NO2/c1-3-12-11-14(18)5-6-15(12)13-7-9-17(10-8-13)16(19)4-2/h5-6,11,13,18H,3-4,7-10H2,1-2H3. The first-order chi connectivity index (χ1) is 9.15. The van der Waals surface area contributed by atoms with Crippen molar-refractivity contribution < 1.29 is 9.90 Å². The lowest BCUT2D eigenvalue weighted by Crippen LogP contribution is -2.37. The van der Waals surface area contributed by atoms with Gasteiger partial charge >= 0.3 is 0 Å². The predicted molar refractivity (Wildman–Crippen MR) is 76.3 cm³/mol. The van der Waals surface area contributed by atoms with Crippen molar-refractivity contribution >= 4 is 5.91 Å². The molecule has 0 unspecified atom stereocenters. The molecule has 3 nitrogen and oxygen atoms in total. The summed E-state index contributed by atoms with van der Waals surface area (Å²) in [5.41, 5.74) is 2.59. The Kier molecular flexibility index (Phi) is 4.46. The molecule has 19 heavy (non-hydrogen) atoms.